The van der Waals surface area contributed by atoms with Crippen LogP contribution >= 0.6 is 0 Å². The van der Waals surface area contributed by atoms with Crippen LogP contribution in [-0.2, 0) is 12.1 Å². The van der Waals surface area contributed by atoms with Gasteiger partial charge in [-0.2, -0.15) is 0 Å². The van der Waals surface area contributed by atoms with E-state index in [-0.39, 0.29) is 5.54 Å². The standard InChI is InChI=1S/C13H23N3/c1-10(11-5-6-11)8-16-9-15-7-12(16)13(2,3)14-4/h7,9-11,14H,5-6,8H2,1-4H3. The number of aromatic nitrogens is 2. The molecular weight excluding hydrogens is 198 g/mol. The van der Waals surface area contributed by atoms with E-state index in [0.717, 1.165) is 18.4 Å². The third kappa shape index (κ3) is 2.29. The Hall–Kier alpha value is -0.830. The summed E-state index contributed by atoms with van der Waals surface area (Å²) in [6, 6.07) is 0. The highest BCUT2D eigenvalue weighted by Gasteiger charge is 2.29. The van der Waals surface area contributed by atoms with E-state index in [4.69, 9.17) is 0 Å². The molecule has 1 atom stereocenters. The van der Waals surface area contributed by atoms with E-state index in [0.29, 0.717) is 0 Å². The summed E-state index contributed by atoms with van der Waals surface area (Å²) < 4.78 is 2.31. The average Bonchev–Trinajstić information content (AvgIpc) is 2.99. The fourth-order valence-corrected chi connectivity index (χ4v) is 2.24. The Morgan fingerprint density at radius 3 is 2.81 bits per heavy atom. The molecule has 3 nitrogen and oxygen atoms in total. The predicted octanol–water partition coefficient (Wildman–Crippen LogP) is 2.38. The third-order valence-electron chi connectivity index (χ3n) is 3.89. The van der Waals surface area contributed by atoms with Crippen LogP contribution in [0, 0.1) is 11.8 Å². The number of hydrogen-bond acceptors (Lipinski definition) is 2. The van der Waals surface area contributed by atoms with Crippen LogP contribution in [0.25, 0.3) is 0 Å². The summed E-state index contributed by atoms with van der Waals surface area (Å²) in [5.41, 5.74) is 1.28. The van der Waals surface area contributed by atoms with Crippen LogP contribution in [0.3, 0.4) is 0 Å². The minimum atomic E-state index is -0.000227. The number of rotatable bonds is 5. The van der Waals surface area contributed by atoms with Crippen LogP contribution in [0.15, 0.2) is 12.5 Å². The summed E-state index contributed by atoms with van der Waals surface area (Å²) in [6.07, 6.45) is 6.78. The molecule has 1 heterocycles. The quantitative estimate of drug-likeness (QED) is 0.827. The van der Waals surface area contributed by atoms with Gasteiger partial charge in [0.1, 0.15) is 0 Å². The molecule has 1 aliphatic rings. The van der Waals surface area contributed by atoms with Crippen molar-refractivity contribution in [3.8, 4) is 0 Å². The molecule has 1 aromatic heterocycles. The van der Waals surface area contributed by atoms with E-state index in [9.17, 15) is 0 Å². The second-order valence-electron chi connectivity index (χ2n) is 5.62. The highest BCUT2D eigenvalue weighted by molar-refractivity contribution is 5.11. The molecule has 0 aliphatic heterocycles. The van der Waals surface area contributed by atoms with Crippen molar-refractivity contribution in [3.63, 3.8) is 0 Å². The van der Waals surface area contributed by atoms with Crippen LogP contribution in [-0.4, -0.2) is 16.6 Å². The number of nitrogens with zero attached hydrogens (tertiary/aromatic N) is 2. The molecule has 1 unspecified atom stereocenters. The van der Waals surface area contributed by atoms with Crippen molar-refractivity contribution in [2.45, 2.75) is 45.7 Å². The van der Waals surface area contributed by atoms with Crippen LogP contribution in [0.1, 0.15) is 39.3 Å². The summed E-state index contributed by atoms with van der Waals surface area (Å²) in [6.45, 7) is 7.85. The van der Waals surface area contributed by atoms with Crippen molar-refractivity contribution in [1.82, 2.24) is 14.9 Å². The zero-order valence-corrected chi connectivity index (χ0v) is 10.8. The molecule has 16 heavy (non-hydrogen) atoms. The molecule has 1 fully saturated rings. The number of nitrogens with one attached hydrogen (secondary N) is 1. The lowest BCUT2D eigenvalue weighted by Gasteiger charge is -2.26. The lowest BCUT2D eigenvalue weighted by atomic mass is 10.0. The van der Waals surface area contributed by atoms with E-state index in [1.54, 1.807) is 0 Å². The van der Waals surface area contributed by atoms with Gasteiger partial charge in [0, 0.05) is 12.7 Å². The Labute approximate surface area is 98.3 Å². The van der Waals surface area contributed by atoms with Gasteiger partial charge in [-0.15, -0.1) is 0 Å². The summed E-state index contributed by atoms with van der Waals surface area (Å²) in [5.74, 6) is 1.73. The van der Waals surface area contributed by atoms with Crippen molar-refractivity contribution >= 4 is 0 Å². The second kappa shape index (κ2) is 4.21. The fraction of sp³-hybridized carbons (Fsp3) is 0.769. The largest absolute Gasteiger partial charge is 0.333 e. The SMILES string of the molecule is CNC(C)(C)c1cncn1CC(C)C1CC1. The summed E-state index contributed by atoms with van der Waals surface area (Å²) in [4.78, 5) is 4.29. The van der Waals surface area contributed by atoms with Gasteiger partial charge < -0.3 is 9.88 Å². The molecule has 1 saturated carbocycles. The maximum absolute atomic E-state index is 4.29. The Morgan fingerprint density at radius 1 is 1.56 bits per heavy atom. The first-order valence-corrected chi connectivity index (χ1v) is 6.24. The first kappa shape index (κ1) is 11.6. The van der Waals surface area contributed by atoms with Gasteiger partial charge in [0.05, 0.1) is 17.6 Å². The van der Waals surface area contributed by atoms with E-state index < -0.39 is 0 Å². The molecule has 3 heteroatoms. The Kier molecular flexibility index (Phi) is 3.06. The maximum Gasteiger partial charge on any atom is 0.0948 e. The number of imidazole rings is 1. The first-order valence-electron chi connectivity index (χ1n) is 6.24. The average molecular weight is 221 g/mol. The van der Waals surface area contributed by atoms with Crippen molar-refractivity contribution < 1.29 is 0 Å². The van der Waals surface area contributed by atoms with Gasteiger partial charge in [0.2, 0.25) is 0 Å². The fourth-order valence-electron chi connectivity index (χ4n) is 2.24. The van der Waals surface area contributed by atoms with Crippen LogP contribution in [0.5, 0.6) is 0 Å². The summed E-state index contributed by atoms with van der Waals surface area (Å²) in [7, 11) is 2.00. The normalized spacial score (nSPS) is 18.8. The highest BCUT2D eigenvalue weighted by atomic mass is 15.1. The zero-order valence-electron chi connectivity index (χ0n) is 10.8. The minimum absolute atomic E-state index is 0.000227. The topological polar surface area (TPSA) is 29.9 Å². The van der Waals surface area contributed by atoms with E-state index in [1.165, 1.54) is 18.5 Å². The molecule has 2 rings (SSSR count). The Morgan fingerprint density at radius 2 is 2.25 bits per heavy atom. The van der Waals surface area contributed by atoms with Crippen LogP contribution < -0.4 is 5.32 Å². The van der Waals surface area contributed by atoms with E-state index in [2.05, 4.69) is 35.6 Å². The predicted molar refractivity (Wildman–Crippen MR) is 66.2 cm³/mol. The van der Waals surface area contributed by atoms with Crippen LogP contribution in [0.2, 0.25) is 0 Å². The van der Waals surface area contributed by atoms with Gasteiger partial charge in [-0.3, -0.25) is 0 Å². The van der Waals surface area contributed by atoms with Crippen LogP contribution in [0.4, 0.5) is 0 Å². The molecule has 1 aromatic rings. The molecule has 0 spiro atoms. The molecule has 0 radical (unpaired) electrons. The van der Waals surface area contributed by atoms with Gasteiger partial charge in [-0.05, 0) is 45.6 Å². The first-order chi connectivity index (χ1) is 7.54. The van der Waals surface area contributed by atoms with Crippen molar-refractivity contribution in [1.29, 1.82) is 0 Å². The summed E-state index contributed by atoms with van der Waals surface area (Å²) in [5, 5.41) is 3.34. The third-order valence-corrected chi connectivity index (χ3v) is 3.89. The van der Waals surface area contributed by atoms with E-state index in [1.807, 2.05) is 19.6 Å². The monoisotopic (exact) mass is 221 g/mol. The Balaban J connectivity index is 2.12. The lowest BCUT2D eigenvalue weighted by Crippen LogP contribution is -2.35. The van der Waals surface area contributed by atoms with Gasteiger partial charge in [0.25, 0.3) is 0 Å². The smallest absolute Gasteiger partial charge is 0.0948 e. The Bertz CT molecular complexity index is 350. The van der Waals surface area contributed by atoms with Gasteiger partial charge in [0.15, 0.2) is 0 Å². The van der Waals surface area contributed by atoms with Crippen molar-refractivity contribution in [2.24, 2.45) is 11.8 Å². The van der Waals surface area contributed by atoms with E-state index >= 15 is 0 Å². The molecule has 0 aromatic carbocycles. The minimum Gasteiger partial charge on any atom is -0.333 e. The lowest BCUT2D eigenvalue weighted by molar-refractivity contribution is 0.370. The van der Waals surface area contributed by atoms with Crippen molar-refractivity contribution in [2.75, 3.05) is 7.05 Å². The molecular formula is C13H23N3. The molecule has 1 N–H and O–H groups in total. The molecule has 0 bridgehead atoms. The van der Waals surface area contributed by atoms with Gasteiger partial charge >= 0.3 is 0 Å². The molecule has 90 valence electrons. The summed E-state index contributed by atoms with van der Waals surface area (Å²) >= 11 is 0. The number of hydrogen-bond donors (Lipinski definition) is 1. The highest BCUT2D eigenvalue weighted by Crippen LogP contribution is 2.37. The molecule has 1 aliphatic carbocycles. The van der Waals surface area contributed by atoms with Crippen molar-refractivity contribution in [3.05, 3.63) is 18.2 Å². The maximum atomic E-state index is 4.29. The molecule has 0 amide bonds. The van der Waals surface area contributed by atoms with Gasteiger partial charge in [-0.25, -0.2) is 4.98 Å². The zero-order chi connectivity index (χ0) is 11.8. The van der Waals surface area contributed by atoms with Gasteiger partial charge in [-0.1, -0.05) is 6.92 Å². The molecule has 0 saturated heterocycles. The second-order valence-corrected chi connectivity index (χ2v) is 5.62.